The summed E-state index contributed by atoms with van der Waals surface area (Å²) >= 11 is 0. The van der Waals surface area contributed by atoms with E-state index < -0.39 is 52.0 Å². The number of hydrogen-bond donors (Lipinski definition) is 2. The van der Waals surface area contributed by atoms with Crippen LogP contribution in [0.2, 0.25) is 0 Å². The molecule has 3 saturated heterocycles. The van der Waals surface area contributed by atoms with E-state index in [-0.39, 0.29) is 17.9 Å². The molecule has 0 bridgehead atoms. The van der Waals surface area contributed by atoms with Crippen molar-refractivity contribution in [3.63, 3.8) is 0 Å². The Morgan fingerprint density at radius 1 is 0.957 bits per heavy atom. The summed E-state index contributed by atoms with van der Waals surface area (Å²) in [5.74, 6) is -3.41. The van der Waals surface area contributed by atoms with Gasteiger partial charge >= 0.3 is 12.1 Å². The second kappa shape index (κ2) is 17.4. The molecule has 47 heavy (non-hydrogen) atoms. The number of unbranched alkanes of at least 4 members (excludes halogenated alkanes) is 9. The minimum atomic E-state index is -4.30. The number of sulfonamides is 1. The summed E-state index contributed by atoms with van der Waals surface area (Å²) in [4.78, 5) is 26.1. The molecule has 0 aliphatic carbocycles. The molecule has 266 valence electrons. The Kier molecular flexibility index (Phi) is 13.9. The molecule has 12 nitrogen and oxygen atoms in total. The third kappa shape index (κ3) is 11.1. The van der Waals surface area contributed by atoms with E-state index in [1.165, 1.54) is 75.6 Å². The van der Waals surface area contributed by atoms with Crippen LogP contribution in [0, 0.1) is 0 Å². The van der Waals surface area contributed by atoms with Crippen LogP contribution in [0.25, 0.3) is 0 Å². The van der Waals surface area contributed by atoms with Crippen LogP contribution in [0.4, 0.5) is 4.79 Å². The Labute approximate surface area is 279 Å². The van der Waals surface area contributed by atoms with E-state index >= 15 is 0 Å². The molecule has 0 spiro atoms. The Morgan fingerprint density at radius 2 is 1.57 bits per heavy atom. The van der Waals surface area contributed by atoms with Crippen molar-refractivity contribution in [3.05, 3.63) is 29.8 Å². The number of rotatable bonds is 20. The smallest absolute Gasteiger partial charge is 0.421 e. The molecule has 0 radical (unpaired) electrons. The Balaban J connectivity index is 1.35. The van der Waals surface area contributed by atoms with Gasteiger partial charge in [-0.05, 0) is 63.9 Å². The summed E-state index contributed by atoms with van der Waals surface area (Å²) in [6.07, 6.45) is 10.5. The van der Waals surface area contributed by atoms with Crippen LogP contribution in [0.15, 0.2) is 29.2 Å². The van der Waals surface area contributed by atoms with Crippen LogP contribution in [0.3, 0.4) is 0 Å². The zero-order chi connectivity index (χ0) is 33.9. The number of ether oxygens (including phenoxy) is 5. The molecule has 13 heteroatoms. The predicted molar refractivity (Wildman–Crippen MR) is 174 cm³/mol. The second-order valence-electron chi connectivity index (χ2n) is 13.4. The number of fused-ring (bicyclic) bond motifs is 1. The lowest BCUT2D eigenvalue weighted by molar-refractivity contribution is -0.279. The normalized spacial score (nSPS) is 25.6. The molecule has 1 aromatic carbocycles. The number of carboxylic acid groups (broad SMARTS) is 1. The lowest BCUT2D eigenvalue weighted by Gasteiger charge is -2.30. The zero-order valence-corrected chi connectivity index (χ0v) is 29.1. The van der Waals surface area contributed by atoms with E-state index in [1.807, 2.05) is 4.72 Å². The molecule has 3 aliphatic heterocycles. The van der Waals surface area contributed by atoms with Crippen LogP contribution < -0.4 is 4.72 Å². The van der Waals surface area contributed by atoms with Crippen molar-refractivity contribution in [2.45, 2.75) is 139 Å². The quantitative estimate of drug-likeness (QED) is 0.171. The van der Waals surface area contributed by atoms with E-state index in [0.29, 0.717) is 18.7 Å². The number of carbonyl (C=O) groups excluding carboxylic acids is 1. The Bertz CT molecular complexity index is 1250. The molecular formula is C34H54N2O10S. The molecule has 0 unspecified atom stereocenters. The van der Waals surface area contributed by atoms with Crippen molar-refractivity contribution in [2.24, 2.45) is 0 Å². The van der Waals surface area contributed by atoms with Crippen molar-refractivity contribution >= 4 is 22.1 Å². The lowest BCUT2D eigenvalue weighted by atomic mass is 10.0. The average Bonchev–Trinajstić information content (AvgIpc) is 3.67. The van der Waals surface area contributed by atoms with E-state index in [4.69, 9.17) is 28.8 Å². The van der Waals surface area contributed by atoms with Crippen LogP contribution in [0.1, 0.15) is 103 Å². The van der Waals surface area contributed by atoms with Gasteiger partial charge < -0.3 is 33.7 Å². The van der Waals surface area contributed by atoms with Crippen molar-refractivity contribution in [3.8, 4) is 0 Å². The van der Waals surface area contributed by atoms with Gasteiger partial charge in [0.15, 0.2) is 18.0 Å². The number of nitrogens with one attached hydrogen (secondary N) is 1. The van der Waals surface area contributed by atoms with Crippen molar-refractivity contribution < 1.29 is 46.8 Å². The number of amides is 1. The molecule has 3 heterocycles. The first-order chi connectivity index (χ1) is 22.4. The van der Waals surface area contributed by atoms with E-state index in [2.05, 4.69) is 11.8 Å². The van der Waals surface area contributed by atoms with Gasteiger partial charge in [-0.2, -0.15) is 0 Å². The summed E-state index contributed by atoms with van der Waals surface area (Å²) in [6, 6.07) is 5.27. The summed E-state index contributed by atoms with van der Waals surface area (Å²) < 4.78 is 59.0. The van der Waals surface area contributed by atoms with Crippen molar-refractivity contribution in [1.29, 1.82) is 0 Å². The molecular weight excluding hydrogens is 628 g/mol. The van der Waals surface area contributed by atoms with E-state index in [1.54, 1.807) is 13.8 Å². The lowest BCUT2D eigenvalue weighted by Crippen LogP contribution is -2.47. The molecule has 4 atom stereocenters. The third-order valence-electron chi connectivity index (χ3n) is 8.91. The first kappa shape index (κ1) is 37.5. The largest absolute Gasteiger partial charge is 0.481 e. The monoisotopic (exact) mass is 682 g/mol. The van der Waals surface area contributed by atoms with Gasteiger partial charge in [0.2, 0.25) is 5.79 Å². The van der Waals surface area contributed by atoms with Gasteiger partial charge in [-0.15, -0.1) is 0 Å². The van der Waals surface area contributed by atoms with E-state index in [0.717, 1.165) is 38.8 Å². The molecule has 3 aliphatic rings. The molecule has 4 rings (SSSR count). The first-order valence-corrected chi connectivity index (χ1v) is 18.8. The highest BCUT2D eigenvalue weighted by Crippen LogP contribution is 2.47. The standard InChI is InChI=1S/C34H54N2O10S/c1-4-5-6-7-8-9-10-11-12-15-22-42-25-34-31(45-33(2,3)46-34)30(28(44-34)24-36-20-13-14-21-36)43-32(39)35-47(40,41)27-18-16-26(17-19-27)23-29(37)38/h16-19,28,30-31H,4-15,20-25H2,1-3H3,(H,35,39)(H,37,38)/t28-,30+,31-,34-/m0/s1. The zero-order valence-electron chi connectivity index (χ0n) is 28.2. The second-order valence-corrected chi connectivity index (χ2v) is 15.1. The van der Waals surface area contributed by atoms with Crippen LogP contribution >= 0.6 is 0 Å². The molecule has 3 fully saturated rings. The van der Waals surface area contributed by atoms with Crippen molar-refractivity contribution in [2.75, 3.05) is 32.8 Å². The minimum absolute atomic E-state index is 0.0808. The summed E-state index contributed by atoms with van der Waals surface area (Å²) in [5, 5.41) is 8.98. The fraction of sp³-hybridized carbons (Fsp3) is 0.765. The van der Waals surface area contributed by atoms with Crippen LogP contribution in [-0.2, 0) is 44.9 Å². The summed E-state index contributed by atoms with van der Waals surface area (Å²) in [6.45, 7) is 8.57. The Morgan fingerprint density at radius 3 is 2.19 bits per heavy atom. The first-order valence-electron chi connectivity index (χ1n) is 17.3. The molecule has 1 amide bonds. The van der Waals surface area contributed by atoms with Gasteiger partial charge in [0.25, 0.3) is 10.0 Å². The summed E-state index contributed by atoms with van der Waals surface area (Å²) in [5.41, 5.74) is 0.430. The highest BCUT2D eigenvalue weighted by Gasteiger charge is 2.66. The molecule has 1 aromatic rings. The van der Waals surface area contributed by atoms with Crippen LogP contribution in [0.5, 0.6) is 0 Å². The number of carbonyl (C=O) groups is 2. The number of hydrogen-bond acceptors (Lipinski definition) is 10. The average molecular weight is 683 g/mol. The minimum Gasteiger partial charge on any atom is -0.481 e. The van der Waals surface area contributed by atoms with Crippen LogP contribution in [-0.4, -0.2) is 93.2 Å². The van der Waals surface area contributed by atoms with Gasteiger partial charge in [-0.1, -0.05) is 76.8 Å². The van der Waals surface area contributed by atoms with Gasteiger partial charge in [-0.3, -0.25) is 4.79 Å². The third-order valence-corrected chi connectivity index (χ3v) is 10.2. The Hall–Kier alpha value is -2.29. The highest BCUT2D eigenvalue weighted by molar-refractivity contribution is 7.90. The number of aliphatic carboxylic acids is 1. The van der Waals surface area contributed by atoms with Gasteiger partial charge in [0, 0.05) is 13.2 Å². The van der Waals surface area contributed by atoms with Gasteiger partial charge in [-0.25, -0.2) is 17.9 Å². The number of likely N-dealkylation sites (tertiary alicyclic amines) is 1. The number of carboxylic acids is 1. The van der Waals surface area contributed by atoms with Crippen molar-refractivity contribution in [1.82, 2.24) is 9.62 Å². The fourth-order valence-corrected chi connectivity index (χ4v) is 7.53. The predicted octanol–water partition coefficient (Wildman–Crippen LogP) is 5.38. The molecule has 2 N–H and O–H groups in total. The fourth-order valence-electron chi connectivity index (χ4n) is 6.65. The topological polar surface area (TPSA) is 150 Å². The molecule has 0 aromatic heterocycles. The molecule has 0 saturated carbocycles. The summed E-state index contributed by atoms with van der Waals surface area (Å²) in [7, 11) is -4.30. The highest BCUT2D eigenvalue weighted by atomic mass is 32.2. The number of nitrogens with zero attached hydrogens (tertiary/aromatic N) is 1. The maximum atomic E-state index is 13.1. The van der Waals surface area contributed by atoms with Gasteiger partial charge in [0.05, 0.1) is 11.3 Å². The maximum absolute atomic E-state index is 13.1. The van der Waals surface area contributed by atoms with E-state index in [9.17, 15) is 18.0 Å². The number of benzene rings is 1. The SMILES string of the molecule is CCCCCCCCCCCCOC[C@@]12O[C@@H](CN3CCCC3)[C@@H](OC(=O)NS(=O)(=O)c3ccc(CC(=O)O)cc3)[C@@H]1OC(C)(C)O2. The van der Waals surface area contributed by atoms with Gasteiger partial charge in [0.1, 0.15) is 12.7 Å². The maximum Gasteiger partial charge on any atom is 0.421 e.